The van der Waals surface area contributed by atoms with E-state index in [9.17, 15) is 0 Å². The molecule has 0 aliphatic carbocycles. The Bertz CT molecular complexity index is 28.0. The van der Waals surface area contributed by atoms with Gasteiger partial charge in [-0.25, -0.2) is 0 Å². The van der Waals surface area contributed by atoms with Gasteiger partial charge in [0.05, 0.1) is 0 Å². The maximum absolute atomic E-state index is 8.39. The van der Waals surface area contributed by atoms with Crippen LogP contribution >= 0.6 is 0 Å². The first-order valence-electron chi connectivity index (χ1n) is 1.68. The van der Waals surface area contributed by atoms with Crippen molar-refractivity contribution in [3.8, 4) is 0 Å². The summed E-state index contributed by atoms with van der Waals surface area (Å²) in [7, 11) is 0. The zero-order valence-electron chi connectivity index (χ0n) is 3.29. The van der Waals surface area contributed by atoms with Crippen LogP contribution in [-0.4, -0.2) is 38.9 Å². The Labute approximate surface area is 45.0 Å². The van der Waals surface area contributed by atoms with Gasteiger partial charge in [-0.1, -0.05) is 0 Å². The van der Waals surface area contributed by atoms with Crippen LogP contribution in [-0.2, 0) is 0 Å². The Morgan fingerprint density at radius 1 is 1.67 bits per heavy atom. The number of aliphatic hydroxyl groups excluding tert-OH is 2. The van der Waals surface area contributed by atoms with E-state index in [0.29, 0.717) is 5.32 Å². The van der Waals surface area contributed by atoms with Gasteiger partial charge in [-0.15, -0.1) is 0 Å². The third kappa shape index (κ3) is 2.66. The van der Waals surface area contributed by atoms with E-state index < -0.39 is 6.10 Å². The quantitative estimate of drug-likeness (QED) is 0.497. The molecule has 0 aliphatic heterocycles. The van der Waals surface area contributed by atoms with Gasteiger partial charge in [0.1, 0.15) is 0 Å². The normalized spacial score (nSPS) is 14.5. The standard InChI is InChI=1S/C3H7O2Se/c4-1-3(5)2-6/h3-5H,1-2H2. The third-order valence-corrected chi connectivity index (χ3v) is 1.21. The van der Waals surface area contributed by atoms with Gasteiger partial charge in [0.15, 0.2) is 0 Å². The molecule has 0 aliphatic rings. The summed E-state index contributed by atoms with van der Waals surface area (Å²) in [5.41, 5.74) is 0. The van der Waals surface area contributed by atoms with Crippen molar-refractivity contribution >= 4 is 16.0 Å². The number of hydrogen-bond acceptors (Lipinski definition) is 2. The maximum atomic E-state index is 8.39. The van der Waals surface area contributed by atoms with Gasteiger partial charge >= 0.3 is 44.3 Å². The average molecular weight is 154 g/mol. The number of aliphatic hydroxyl groups is 2. The van der Waals surface area contributed by atoms with Crippen molar-refractivity contribution in [1.29, 1.82) is 0 Å². The predicted molar refractivity (Wildman–Crippen MR) is 23.7 cm³/mol. The molecule has 0 aromatic rings. The summed E-state index contributed by atoms with van der Waals surface area (Å²) < 4.78 is 0. The first-order chi connectivity index (χ1) is 2.81. The molecule has 0 saturated carbocycles. The summed E-state index contributed by atoms with van der Waals surface area (Å²) in [4.78, 5) is 0. The Kier molecular flexibility index (Phi) is 3.89. The van der Waals surface area contributed by atoms with Gasteiger partial charge in [0, 0.05) is 0 Å². The van der Waals surface area contributed by atoms with Crippen LogP contribution in [0.15, 0.2) is 0 Å². The molecule has 6 heavy (non-hydrogen) atoms. The SMILES string of the molecule is OCC(O)C[Se]. The van der Waals surface area contributed by atoms with Gasteiger partial charge in [-0.3, -0.25) is 0 Å². The molecular weight excluding hydrogens is 147 g/mol. The fraction of sp³-hybridized carbons (Fsp3) is 1.00. The second-order valence-corrected chi connectivity index (χ2v) is 1.70. The zero-order valence-corrected chi connectivity index (χ0v) is 5.01. The minimum atomic E-state index is -0.565. The van der Waals surface area contributed by atoms with E-state index in [1.165, 1.54) is 0 Å². The van der Waals surface area contributed by atoms with E-state index in [2.05, 4.69) is 16.0 Å². The molecule has 1 unspecified atom stereocenters. The van der Waals surface area contributed by atoms with Gasteiger partial charge in [-0.05, 0) is 0 Å². The van der Waals surface area contributed by atoms with Gasteiger partial charge in [0.2, 0.25) is 0 Å². The summed E-state index contributed by atoms with van der Waals surface area (Å²) in [6, 6.07) is 0. The van der Waals surface area contributed by atoms with Gasteiger partial charge < -0.3 is 0 Å². The molecular formula is C3H7O2Se. The fourth-order valence-corrected chi connectivity index (χ4v) is 0.274. The van der Waals surface area contributed by atoms with Crippen LogP contribution in [0.3, 0.4) is 0 Å². The van der Waals surface area contributed by atoms with Crippen LogP contribution in [0.5, 0.6) is 0 Å². The zero-order chi connectivity index (χ0) is 4.99. The van der Waals surface area contributed by atoms with E-state index in [4.69, 9.17) is 10.2 Å². The predicted octanol–water partition coefficient (Wildman–Crippen LogP) is -1.07. The van der Waals surface area contributed by atoms with Crippen molar-refractivity contribution in [1.82, 2.24) is 0 Å². The Morgan fingerprint density at radius 2 is 2.17 bits per heavy atom. The Morgan fingerprint density at radius 3 is 2.17 bits per heavy atom. The topological polar surface area (TPSA) is 40.5 Å². The average Bonchev–Trinajstić information content (AvgIpc) is 1.65. The molecule has 0 saturated heterocycles. The summed E-state index contributed by atoms with van der Waals surface area (Å²) >= 11 is 2.58. The molecule has 0 heterocycles. The van der Waals surface area contributed by atoms with Crippen molar-refractivity contribution in [2.24, 2.45) is 0 Å². The fourth-order valence-electron chi connectivity index (χ4n) is 0.0527. The van der Waals surface area contributed by atoms with Crippen LogP contribution in [0, 0.1) is 0 Å². The van der Waals surface area contributed by atoms with E-state index >= 15 is 0 Å². The molecule has 0 rings (SSSR count). The Balaban J connectivity index is 2.75. The monoisotopic (exact) mass is 155 g/mol. The summed E-state index contributed by atoms with van der Waals surface area (Å²) in [6.07, 6.45) is -0.565. The van der Waals surface area contributed by atoms with Crippen molar-refractivity contribution in [2.45, 2.75) is 11.4 Å². The summed E-state index contributed by atoms with van der Waals surface area (Å²) in [5, 5.41) is 17.0. The molecule has 3 heteroatoms. The van der Waals surface area contributed by atoms with Crippen molar-refractivity contribution in [2.75, 3.05) is 6.61 Å². The molecule has 1 radical (unpaired) electrons. The minimum absolute atomic E-state index is 0.146. The second-order valence-electron chi connectivity index (χ2n) is 1.00. The molecule has 1 atom stereocenters. The molecule has 0 spiro atoms. The molecule has 2 N–H and O–H groups in total. The van der Waals surface area contributed by atoms with Crippen LogP contribution < -0.4 is 0 Å². The Hall–Kier alpha value is 0.439. The van der Waals surface area contributed by atoms with Crippen molar-refractivity contribution < 1.29 is 10.2 Å². The van der Waals surface area contributed by atoms with E-state index in [0.717, 1.165) is 0 Å². The molecule has 0 bridgehead atoms. The first-order valence-corrected chi connectivity index (χ1v) is 2.89. The molecule has 2 nitrogen and oxygen atoms in total. The number of hydrogen-bond donors (Lipinski definition) is 2. The molecule has 0 amide bonds. The third-order valence-electron chi connectivity index (χ3n) is 0.403. The molecule has 0 fully saturated rings. The van der Waals surface area contributed by atoms with Crippen molar-refractivity contribution in [3.05, 3.63) is 0 Å². The van der Waals surface area contributed by atoms with Crippen LogP contribution in [0.25, 0.3) is 0 Å². The van der Waals surface area contributed by atoms with Crippen LogP contribution in [0.1, 0.15) is 0 Å². The van der Waals surface area contributed by atoms with E-state index in [-0.39, 0.29) is 6.61 Å². The number of rotatable bonds is 2. The van der Waals surface area contributed by atoms with Crippen LogP contribution in [0.2, 0.25) is 5.32 Å². The van der Waals surface area contributed by atoms with Gasteiger partial charge in [0.25, 0.3) is 0 Å². The molecule has 0 aromatic carbocycles. The first kappa shape index (κ1) is 6.44. The summed E-state index contributed by atoms with van der Waals surface area (Å²) in [5.74, 6) is 0. The summed E-state index contributed by atoms with van der Waals surface area (Å²) in [6.45, 7) is -0.146. The molecule has 37 valence electrons. The molecule has 0 aromatic heterocycles. The van der Waals surface area contributed by atoms with E-state index in [1.807, 2.05) is 0 Å². The van der Waals surface area contributed by atoms with Crippen LogP contribution in [0.4, 0.5) is 0 Å². The second kappa shape index (κ2) is 3.62. The van der Waals surface area contributed by atoms with E-state index in [1.54, 1.807) is 0 Å². The van der Waals surface area contributed by atoms with Crippen molar-refractivity contribution in [3.63, 3.8) is 0 Å². The van der Waals surface area contributed by atoms with Gasteiger partial charge in [-0.2, -0.15) is 0 Å².